The van der Waals surface area contributed by atoms with Crippen molar-refractivity contribution in [2.24, 2.45) is 0 Å². The predicted octanol–water partition coefficient (Wildman–Crippen LogP) is 4.26. The summed E-state index contributed by atoms with van der Waals surface area (Å²) in [6.07, 6.45) is 0. The average Bonchev–Trinajstić information content (AvgIpc) is 3.06. The van der Waals surface area contributed by atoms with Gasteiger partial charge in [0.15, 0.2) is 0 Å². The van der Waals surface area contributed by atoms with Crippen molar-refractivity contribution < 1.29 is 14.1 Å². The third-order valence-corrected chi connectivity index (χ3v) is 3.48. The number of nitro groups is 1. The number of ether oxygens (including phenoxy) is 1. The fourth-order valence-electron chi connectivity index (χ4n) is 2.26. The molecule has 0 atom stereocenters. The first-order chi connectivity index (χ1) is 12.6. The second kappa shape index (κ2) is 7.36. The number of oxazole rings is 1. The summed E-state index contributed by atoms with van der Waals surface area (Å²) in [4.78, 5) is 14.4. The number of hydrogen-bond acceptors (Lipinski definition) is 7. The van der Waals surface area contributed by atoms with Gasteiger partial charge in [0.05, 0.1) is 11.5 Å². The lowest BCUT2D eigenvalue weighted by molar-refractivity contribution is -0.384. The molecule has 0 saturated carbocycles. The van der Waals surface area contributed by atoms with Gasteiger partial charge in [-0.25, -0.2) is 0 Å². The third kappa shape index (κ3) is 3.62. The van der Waals surface area contributed by atoms with Crippen LogP contribution in [-0.4, -0.2) is 16.5 Å². The van der Waals surface area contributed by atoms with E-state index in [0.717, 1.165) is 5.75 Å². The summed E-state index contributed by atoms with van der Waals surface area (Å²) in [7, 11) is 0. The molecule has 0 aliphatic carbocycles. The highest BCUT2D eigenvalue weighted by molar-refractivity contribution is 5.64. The number of nitrogens with one attached hydrogen (secondary N) is 1. The minimum Gasteiger partial charge on any atom is -0.494 e. The fourth-order valence-corrected chi connectivity index (χ4v) is 2.26. The van der Waals surface area contributed by atoms with Gasteiger partial charge in [-0.1, -0.05) is 0 Å². The summed E-state index contributed by atoms with van der Waals surface area (Å²) in [5.41, 5.74) is 1.30. The van der Waals surface area contributed by atoms with Gasteiger partial charge in [-0.3, -0.25) is 10.1 Å². The van der Waals surface area contributed by atoms with Crippen LogP contribution in [0.4, 0.5) is 17.3 Å². The van der Waals surface area contributed by atoms with Crippen LogP contribution in [0.3, 0.4) is 0 Å². The van der Waals surface area contributed by atoms with E-state index in [9.17, 15) is 15.4 Å². The largest absolute Gasteiger partial charge is 0.494 e. The van der Waals surface area contributed by atoms with Crippen LogP contribution in [0.25, 0.3) is 11.5 Å². The summed E-state index contributed by atoms with van der Waals surface area (Å²) in [6.45, 7) is 2.48. The van der Waals surface area contributed by atoms with Crippen LogP contribution in [0.5, 0.6) is 5.75 Å². The minimum atomic E-state index is -0.487. The fraction of sp³-hybridized carbons (Fsp3) is 0.111. The third-order valence-electron chi connectivity index (χ3n) is 3.48. The van der Waals surface area contributed by atoms with Crippen molar-refractivity contribution >= 4 is 17.3 Å². The lowest BCUT2D eigenvalue weighted by Gasteiger charge is -2.05. The van der Waals surface area contributed by atoms with Crippen LogP contribution in [0.2, 0.25) is 0 Å². The molecule has 8 heteroatoms. The average molecular weight is 350 g/mol. The van der Waals surface area contributed by atoms with Gasteiger partial charge in [0.2, 0.25) is 17.5 Å². The van der Waals surface area contributed by atoms with Gasteiger partial charge < -0.3 is 14.5 Å². The molecule has 0 unspecified atom stereocenters. The minimum absolute atomic E-state index is 0.0338. The van der Waals surface area contributed by atoms with Gasteiger partial charge in [-0.05, 0) is 43.3 Å². The molecule has 1 heterocycles. The summed E-state index contributed by atoms with van der Waals surface area (Å²) in [5.74, 6) is 1.14. The topological polar surface area (TPSA) is 114 Å². The van der Waals surface area contributed by atoms with Gasteiger partial charge in [0.1, 0.15) is 11.8 Å². The molecule has 3 rings (SSSR count). The summed E-state index contributed by atoms with van der Waals surface area (Å²) in [6, 6.07) is 14.9. The maximum atomic E-state index is 10.7. The number of non-ortho nitro benzene ring substituents is 1. The normalized spacial score (nSPS) is 10.2. The van der Waals surface area contributed by atoms with Crippen molar-refractivity contribution in [3.63, 3.8) is 0 Å². The zero-order valence-corrected chi connectivity index (χ0v) is 13.8. The van der Waals surface area contributed by atoms with Crippen LogP contribution in [0, 0.1) is 21.4 Å². The van der Waals surface area contributed by atoms with E-state index in [2.05, 4.69) is 10.3 Å². The quantitative estimate of drug-likeness (QED) is 0.521. The predicted molar refractivity (Wildman–Crippen MR) is 94.2 cm³/mol. The zero-order chi connectivity index (χ0) is 18.5. The highest BCUT2D eigenvalue weighted by atomic mass is 16.6. The number of anilines is 2. The van der Waals surface area contributed by atoms with Gasteiger partial charge in [0.25, 0.3) is 5.69 Å². The molecule has 26 heavy (non-hydrogen) atoms. The smallest absolute Gasteiger partial charge is 0.269 e. The number of nitriles is 1. The van der Waals surface area contributed by atoms with Crippen LogP contribution in [0.1, 0.15) is 12.6 Å². The lowest BCUT2D eigenvalue weighted by atomic mass is 10.2. The van der Waals surface area contributed by atoms with Crippen molar-refractivity contribution in [2.45, 2.75) is 6.92 Å². The number of nitrogens with zero attached hydrogens (tertiary/aromatic N) is 3. The van der Waals surface area contributed by atoms with Crippen LogP contribution < -0.4 is 10.1 Å². The highest BCUT2D eigenvalue weighted by Gasteiger charge is 2.16. The maximum absolute atomic E-state index is 10.7. The van der Waals surface area contributed by atoms with Crippen molar-refractivity contribution in [3.8, 4) is 23.3 Å². The molecule has 0 aliphatic heterocycles. The molecular weight excluding hydrogens is 336 g/mol. The summed E-state index contributed by atoms with van der Waals surface area (Å²) < 4.78 is 11.0. The Morgan fingerprint density at radius 1 is 1.23 bits per heavy atom. The highest BCUT2D eigenvalue weighted by Crippen LogP contribution is 2.29. The van der Waals surface area contributed by atoms with E-state index in [1.165, 1.54) is 24.3 Å². The molecule has 0 amide bonds. The van der Waals surface area contributed by atoms with Crippen LogP contribution in [-0.2, 0) is 0 Å². The monoisotopic (exact) mass is 350 g/mol. The van der Waals surface area contributed by atoms with Gasteiger partial charge >= 0.3 is 0 Å². The lowest BCUT2D eigenvalue weighted by Crippen LogP contribution is -1.93. The zero-order valence-electron chi connectivity index (χ0n) is 13.8. The van der Waals surface area contributed by atoms with E-state index < -0.39 is 4.92 Å². The number of nitro benzene ring substituents is 1. The van der Waals surface area contributed by atoms with E-state index in [1.807, 2.05) is 13.0 Å². The molecule has 0 fully saturated rings. The van der Waals surface area contributed by atoms with Crippen molar-refractivity contribution in [1.29, 1.82) is 5.26 Å². The van der Waals surface area contributed by atoms with Crippen molar-refractivity contribution in [2.75, 3.05) is 11.9 Å². The molecule has 3 aromatic rings. The number of hydrogen-bond donors (Lipinski definition) is 1. The van der Waals surface area contributed by atoms with Crippen molar-refractivity contribution in [3.05, 3.63) is 64.3 Å². The molecule has 0 aliphatic rings. The van der Waals surface area contributed by atoms with Crippen molar-refractivity contribution in [1.82, 2.24) is 4.98 Å². The summed E-state index contributed by atoms with van der Waals surface area (Å²) in [5, 5.41) is 23.0. The number of aromatic nitrogens is 1. The first-order valence-electron chi connectivity index (χ1n) is 7.76. The second-order valence-electron chi connectivity index (χ2n) is 5.19. The Morgan fingerprint density at radius 3 is 2.50 bits per heavy atom. The van der Waals surface area contributed by atoms with E-state index in [1.54, 1.807) is 24.3 Å². The van der Waals surface area contributed by atoms with Gasteiger partial charge in [-0.2, -0.15) is 10.2 Å². The standard InChI is InChI=1S/C18H14N4O4/c1-2-25-15-9-5-13(6-10-15)20-18-16(11-19)21-17(26-18)12-3-7-14(8-4-12)22(23)24/h3-10,20H,2H2,1H3. The molecule has 8 nitrogen and oxygen atoms in total. The molecule has 0 saturated heterocycles. The van der Waals surface area contributed by atoms with E-state index in [-0.39, 0.29) is 23.2 Å². The Balaban J connectivity index is 1.84. The molecular formula is C18H14N4O4. The maximum Gasteiger partial charge on any atom is 0.269 e. The van der Waals surface area contributed by atoms with E-state index >= 15 is 0 Å². The Kier molecular flexibility index (Phi) is 4.80. The van der Waals surface area contributed by atoms with Crippen LogP contribution in [0.15, 0.2) is 52.9 Å². The first-order valence-corrected chi connectivity index (χ1v) is 7.76. The number of rotatable bonds is 6. The Labute approximate surface area is 148 Å². The molecule has 0 spiro atoms. The number of benzene rings is 2. The van der Waals surface area contributed by atoms with Crippen LogP contribution >= 0.6 is 0 Å². The molecule has 0 radical (unpaired) electrons. The molecule has 1 aromatic heterocycles. The van der Waals surface area contributed by atoms with E-state index in [0.29, 0.717) is 17.9 Å². The Morgan fingerprint density at radius 2 is 1.92 bits per heavy atom. The van der Waals surface area contributed by atoms with E-state index in [4.69, 9.17) is 9.15 Å². The SMILES string of the molecule is CCOc1ccc(Nc2oc(-c3ccc([N+](=O)[O-])cc3)nc2C#N)cc1. The molecule has 1 N–H and O–H groups in total. The Hall–Kier alpha value is -3.86. The van der Waals surface area contributed by atoms with Gasteiger partial charge in [-0.15, -0.1) is 0 Å². The molecule has 130 valence electrons. The molecule has 0 bridgehead atoms. The van der Waals surface area contributed by atoms with Gasteiger partial charge in [0, 0.05) is 23.4 Å². The Bertz CT molecular complexity index is 956. The molecule has 2 aromatic carbocycles. The second-order valence-corrected chi connectivity index (χ2v) is 5.19. The summed E-state index contributed by atoms with van der Waals surface area (Å²) >= 11 is 0. The first kappa shape index (κ1) is 17.0.